The van der Waals surface area contributed by atoms with E-state index >= 15 is 0 Å². The van der Waals surface area contributed by atoms with Crippen LogP contribution in [0.25, 0.3) is 0 Å². The molecule has 0 saturated heterocycles. The van der Waals surface area contributed by atoms with Gasteiger partial charge in [-0.25, -0.2) is 0 Å². The van der Waals surface area contributed by atoms with E-state index < -0.39 is 0 Å². The largest absolute Gasteiger partial charge is 0.492 e. The van der Waals surface area contributed by atoms with Crippen LogP contribution in [0.5, 0.6) is 5.75 Å². The van der Waals surface area contributed by atoms with Crippen LogP contribution in [-0.4, -0.2) is 51.7 Å². The highest BCUT2D eigenvalue weighted by Gasteiger charge is 2.05. The Bertz CT molecular complexity index is 740. The van der Waals surface area contributed by atoms with Crippen LogP contribution in [0.1, 0.15) is 11.1 Å². The fourth-order valence-corrected chi connectivity index (χ4v) is 2.76. The summed E-state index contributed by atoms with van der Waals surface area (Å²) in [5.41, 5.74) is 2.30. The van der Waals surface area contributed by atoms with Crippen LogP contribution >= 0.6 is 35.6 Å². The number of rotatable bonds is 9. The number of hydrogen-bond acceptors (Lipinski definition) is 3. The second-order valence-corrected chi connectivity index (χ2v) is 6.93. The Balaban J connectivity index is 0.00000392. The maximum absolute atomic E-state index is 6.03. The molecule has 0 atom stereocenters. The van der Waals surface area contributed by atoms with Gasteiger partial charge in [0, 0.05) is 37.3 Å². The van der Waals surface area contributed by atoms with Crippen LogP contribution in [0.4, 0.5) is 0 Å². The van der Waals surface area contributed by atoms with Gasteiger partial charge in [0.2, 0.25) is 0 Å². The van der Waals surface area contributed by atoms with Crippen LogP contribution in [0.2, 0.25) is 5.02 Å². The number of aliphatic imine (C=N–C) groups is 1. The third kappa shape index (κ3) is 9.12. The average Bonchev–Trinajstić information content (AvgIpc) is 2.65. The number of nitrogens with one attached hydrogen (secondary N) is 2. The van der Waals surface area contributed by atoms with E-state index in [1.165, 1.54) is 5.56 Å². The van der Waals surface area contributed by atoms with Gasteiger partial charge in [-0.2, -0.15) is 0 Å². The molecule has 5 nitrogen and oxygen atoms in total. The molecule has 154 valence electrons. The molecule has 28 heavy (non-hydrogen) atoms. The summed E-state index contributed by atoms with van der Waals surface area (Å²) in [4.78, 5) is 6.39. The maximum Gasteiger partial charge on any atom is 0.191 e. The normalized spacial score (nSPS) is 11.1. The van der Waals surface area contributed by atoms with Crippen LogP contribution in [0, 0.1) is 0 Å². The molecule has 2 aromatic rings. The zero-order valence-corrected chi connectivity index (χ0v) is 19.8. The number of guanidine groups is 1. The molecule has 0 aliphatic carbocycles. The van der Waals surface area contributed by atoms with Gasteiger partial charge >= 0.3 is 0 Å². The molecular formula is C21H30ClIN4O. The molecule has 0 spiro atoms. The number of para-hydroxylation sites is 1. The number of ether oxygens (including phenoxy) is 1. The molecule has 0 amide bonds. The molecule has 0 radical (unpaired) electrons. The molecule has 0 aliphatic rings. The Morgan fingerprint density at radius 1 is 1.11 bits per heavy atom. The van der Waals surface area contributed by atoms with Crippen molar-refractivity contribution in [1.82, 2.24) is 15.5 Å². The number of nitrogens with zero attached hydrogens (tertiary/aromatic N) is 2. The van der Waals surface area contributed by atoms with Gasteiger partial charge in [-0.1, -0.05) is 41.9 Å². The Hall–Kier alpha value is -1.51. The topological polar surface area (TPSA) is 48.9 Å². The monoisotopic (exact) mass is 516 g/mol. The van der Waals surface area contributed by atoms with E-state index in [1.807, 2.05) is 50.5 Å². The first kappa shape index (κ1) is 24.5. The van der Waals surface area contributed by atoms with Gasteiger partial charge in [-0.3, -0.25) is 4.99 Å². The number of hydrogen-bond donors (Lipinski definition) is 2. The van der Waals surface area contributed by atoms with Crippen molar-refractivity contribution in [2.75, 3.05) is 40.8 Å². The highest BCUT2D eigenvalue weighted by atomic mass is 127. The Morgan fingerprint density at radius 3 is 2.61 bits per heavy atom. The molecule has 0 bridgehead atoms. The molecule has 0 saturated carbocycles. The summed E-state index contributed by atoms with van der Waals surface area (Å²) in [5, 5.41) is 7.44. The predicted molar refractivity (Wildman–Crippen MR) is 129 cm³/mol. The SMILES string of the molecule is CN=C(NCCc1cccc(Cl)c1)NCc1ccccc1OCCN(C)C.I. The molecule has 0 heterocycles. The maximum atomic E-state index is 6.03. The molecule has 7 heteroatoms. The Kier molecular flexibility index (Phi) is 11.9. The van der Waals surface area contributed by atoms with Crippen molar-refractivity contribution in [1.29, 1.82) is 0 Å². The first-order valence-corrected chi connectivity index (χ1v) is 9.50. The Morgan fingerprint density at radius 2 is 1.89 bits per heavy atom. The second kappa shape index (κ2) is 13.6. The summed E-state index contributed by atoms with van der Waals surface area (Å²) < 4.78 is 5.91. The lowest BCUT2D eigenvalue weighted by Crippen LogP contribution is -2.38. The molecular weight excluding hydrogens is 487 g/mol. The van der Waals surface area contributed by atoms with Crippen molar-refractivity contribution in [2.45, 2.75) is 13.0 Å². The third-order valence-corrected chi connectivity index (χ3v) is 4.27. The summed E-state index contributed by atoms with van der Waals surface area (Å²) >= 11 is 6.03. The first-order chi connectivity index (χ1) is 13.1. The minimum Gasteiger partial charge on any atom is -0.492 e. The van der Waals surface area contributed by atoms with Crippen molar-refractivity contribution in [3.05, 3.63) is 64.7 Å². The molecule has 0 aromatic heterocycles. The fourth-order valence-electron chi connectivity index (χ4n) is 2.55. The Labute approximate surface area is 190 Å². The highest BCUT2D eigenvalue weighted by Crippen LogP contribution is 2.17. The van der Waals surface area contributed by atoms with E-state index in [1.54, 1.807) is 7.05 Å². The summed E-state index contributed by atoms with van der Waals surface area (Å²) in [6.45, 7) is 2.97. The van der Waals surface area contributed by atoms with E-state index in [0.29, 0.717) is 13.2 Å². The number of halogens is 2. The van der Waals surface area contributed by atoms with E-state index in [2.05, 4.69) is 32.7 Å². The van der Waals surface area contributed by atoms with Crippen molar-refractivity contribution in [3.8, 4) is 5.75 Å². The van der Waals surface area contributed by atoms with Crippen LogP contribution in [0.15, 0.2) is 53.5 Å². The minimum atomic E-state index is 0. The van der Waals surface area contributed by atoms with Crippen molar-refractivity contribution >= 4 is 41.5 Å². The molecule has 2 N–H and O–H groups in total. The standard InChI is InChI=1S/C21H29ClN4O.HI/c1-23-21(24-12-11-17-7-6-9-19(22)15-17)25-16-18-8-4-5-10-20(18)27-14-13-26(2)3;/h4-10,15H,11-14,16H2,1-3H3,(H2,23,24,25);1H. The van der Waals surface area contributed by atoms with Crippen LogP contribution in [0.3, 0.4) is 0 Å². The highest BCUT2D eigenvalue weighted by molar-refractivity contribution is 14.0. The van der Waals surface area contributed by atoms with Crippen molar-refractivity contribution < 1.29 is 4.74 Å². The molecule has 2 aromatic carbocycles. The fraction of sp³-hybridized carbons (Fsp3) is 0.381. The van der Waals surface area contributed by atoms with Gasteiger partial charge in [0.05, 0.1) is 0 Å². The molecule has 0 fully saturated rings. The quantitative estimate of drug-likeness (QED) is 0.302. The van der Waals surface area contributed by atoms with E-state index in [0.717, 1.165) is 41.8 Å². The number of benzene rings is 2. The molecule has 0 aliphatic heterocycles. The zero-order valence-electron chi connectivity index (χ0n) is 16.7. The van der Waals surface area contributed by atoms with Crippen LogP contribution in [-0.2, 0) is 13.0 Å². The van der Waals surface area contributed by atoms with Gasteiger partial charge in [0.1, 0.15) is 12.4 Å². The van der Waals surface area contributed by atoms with Gasteiger partial charge in [-0.05, 0) is 44.3 Å². The van der Waals surface area contributed by atoms with Gasteiger partial charge < -0.3 is 20.3 Å². The van der Waals surface area contributed by atoms with E-state index in [9.17, 15) is 0 Å². The average molecular weight is 517 g/mol. The van der Waals surface area contributed by atoms with Gasteiger partial charge in [0.25, 0.3) is 0 Å². The predicted octanol–water partition coefficient (Wildman–Crippen LogP) is 3.81. The minimum absolute atomic E-state index is 0. The lowest BCUT2D eigenvalue weighted by Gasteiger charge is -2.16. The van der Waals surface area contributed by atoms with E-state index in [-0.39, 0.29) is 24.0 Å². The molecule has 2 rings (SSSR count). The third-order valence-electron chi connectivity index (χ3n) is 4.03. The summed E-state index contributed by atoms with van der Waals surface area (Å²) in [7, 11) is 5.85. The first-order valence-electron chi connectivity index (χ1n) is 9.13. The van der Waals surface area contributed by atoms with E-state index in [4.69, 9.17) is 16.3 Å². The zero-order chi connectivity index (χ0) is 19.5. The lowest BCUT2D eigenvalue weighted by molar-refractivity contribution is 0.259. The van der Waals surface area contributed by atoms with Crippen molar-refractivity contribution in [3.63, 3.8) is 0 Å². The summed E-state index contributed by atoms with van der Waals surface area (Å²) in [6.07, 6.45) is 0.880. The smallest absolute Gasteiger partial charge is 0.191 e. The second-order valence-electron chi connectivity index (χ2n) is 6.49. The van der Waals surface area contributed by atoms with Gasteiger partial charge in [0.15, 0.2) is 5.96 Å². The summed E-state index contributed by atoms with van der Waals surface area (Å²) in [5.74, 6) is 1.67. The molecule has 0 unspecified atom stereocenters. The summed E-state index contributed by atoms with van der Waals surface area (Å²) in [6, 6.07) is 16.0. The van der Waals surface area contributed by atoms with Crippen LogP contribution < -0.4 is 15.4 Å². The van der Waals surface area contributed by atoms with Gasteiger partial charge in [-0.15, -0.1) is 24.0 Å². The number of likely N-dealkylation sites (N-methyl/N-ethyl adjacent to an activating group) is 1. The van der Waals surface area contributed by atoms with Crippen molar-refractivity contribution in [2.24, 2.45) is 4.99 Å². The lowest BCUT2D eigenvalue weighted by atomic mass is 10.1.